The summed E-state index contributed by atoms with van der Waals surface area (Å²) in [6.07, 6.45) is 5.81. The van der Waals surface area contributed by atoms with Crippen LogP contribution >= 0.6 is 0 Å². The lowest BCUT2D eigenvalue weighted by atomic mass is 9.71. The summed E-state index contributed by atoms with van der Waals surface area (Å²) in [7, 11) is 0. The fraction of sp³-hybridized carbons (Fsp3) is 0.619. The van der Waals surface area contributed by atoms with E-state index in [2.05, 4.69) is 34.2 Å². The monoisotopic (exact) mass is 369 g/mol. The number of aryl methyl sites for hydroxylation is 1. The predicted molar refractivity (Wildman–Crippen MR) is 100 cm³/mol. The Balaban J connectivity index is 1.53. The van der Waals surface area contributed by atoms with E-state index in [9.17, 15) is 0 Å². The zero-order valence-electron chi connectivity index (χ0n) is 16.2. The van der Waals surface area contributed by atoms with Crippen LogP contribution in [0.15, 0.2) is 16.5 Å². The molecule has 2 aliphatic heterocycles. The minimum atomic E-state index is 0.200. The molecule has 6 nitrogen and oxygen atoms in total. The molecule has 0 bridgehead atoms. The lowest BCUT2D eigenvalue weighted by Crippen LogP contribution is -2.45. The number of hydrogen-bond donors (Lipinski definition) is 0. The third-order valence-electron chi connectivity index (χ3n) is 6.50. The average molecular weight is 369 g/mol. The molecule has 27 heavy (non-hydrogen) atoms. The van der Waals surface area contributed by atoms with Gasteiger partial charge in [-0.2, -0.15) is 0 Å². The topological polar surface area (TPSA) is 60.6 Å². The summed E-state index contributed by atoms with van der Waals surface area (Å²) in [5.74, 6) is 3.22. The van der Waals surface area contributed by atoms with E-state index in [1.54, 1.807) is 0 Å². The third-order valence-corrected chi connectivity index (χ3v) is 6.50. The van der Waals surface area contributed by atoms with Crippen LogP contribution < -0.4 is 9.47 Å². The molecule has 1 atom stereocenters. The van der Waals surface area contributed by atoms with Gasteiger partial charge in [0.25, 0.3) is 0 Å². The van der Waals surface area contributed by atoms with Crippen molar-refractivity contribution in [3.8, 4) is 11.5 Å². The molecule has 1 fully saturated rings. The molecule has 1 spiro atoms. The van der Waals surface area contributed by atoms with Crippen molar-refractivity contribution >= 4 is 0 Å². The Morgan fingerprint density at radius 1 is 1.07 bits per heavy atom. The minimum absolute atomic E-state index is 0.200. The van der Waals surface area contributed by atoms with Gasteiger partial charge in [0, 0.05) is 24.4 Å². The number of aromatic nitrogens is 2. The molecule has 5 rings (SSSR count). The first-order chi connectivity index (χ1) is 13.2. The summed E-state index contributed by atoms with van der Waals surface area (Å²) in [6, 6.07) is 4.76. The maximum absolute atomic E-state index is 5.89. The van der Waals surface area contributed by atoms with E-state index in [0.29, 0.717) is 31.5 Å². The largest absolute Gasteiger partial charge is 0.486 e. The smallest absolute Gasteiger partial charge is 0.230 e. The zero-order chi connectivity index (χ0) is 18.4. The lowest BCUT2D eigenvalue weighted by Gasteiger charge is -2.46. The zero-order valence-corrected chi connectivity index (χ0v) is 16.2. The number of hydrogen-bond acceptors (Lipinski definition) is 6. The Kier molecular flexibility index (Phi) is 4.11. The lowest BCUT2D eigenvalue weighted by molar-refractivity contribution is 0.114. The highest BCUT2D eigenvalue weighted by Crippen LogP contribution is 2.52. The molecule has 3 aliphatic rings. The van der Waals surface area contributed by atoms with Gasteiger partial charge in [0.1, 0.15) is 13.2 Å². The Morgan fingerprint density at radius 3 is 2.48 bits per heavy atom. The predicted octanol–water partition coefficient (Wildman–Crippen LogP) is 3.79. The fourth-order valence-corrected chi connectivity index (χ4v) is 5.06. The van der Waals surface area contributed by atoms with Gasteiger partial charge < -0.3 is 13.9 Å². The van der Waals surface area contributed by atoms with Crippen LogP contribution in [0.4, 0.5) is 0 Å². The maximum Gasteiger partial charge on any atom is 0.230 e. The maximum atomic E-state index is 5.89. The van der Waals surface area contributed by atoms with Crippen molar-refractivity contribution in [2.24, 2.45) is 0 Å². The van der Waals surface area contributed by atoms with E-state index in [4.69, 9.17) is 13.9 Å². The van der Waals surface area contributed by atoms with E-state index >= 15 is 0 Å². The van der Waals surface area contributed by atoms with Gasteiger partial charge in [-0.25, -0.2) is 0 Å². The molecule has 0 unspecified atom stereocenters. The van der Waals surface area contributed by atoms with Crippen molar-refractivity contribution in [3.63, 3.8) is 0 Å². The van der Waals surface area contributed by atoms with Gasteiger partial charge in [0.05, 0.1) is 6.54 Å². The minimum Gasteiger partial charge on any atom is -0.486 e. The summed E-state index contributed by atoms with van der Waals surface area (Å²) >= 11 is 0. The normalized spacial score (nSPS) is 23.6. The number of rotatable bonds is 3. The number of benzene rings is 1. The van der Waals surface area contributed by atoms with E-state index in [1.165, 1.54) is 36.8 Å². The molecule has 3 heterocycles. The van der Waals surface area contributed by atoms with Crippen molar-refractivity contribution in [1.82, 2.24) is 15.1 Å². The van der Waals surface area contributed by atoms with Crippen molar-refractivity contribution in [1.29, 1.82) is 0 Å². The van der Waals surface area contributed by atoms with Gasteiger partial charge in [-0.3, -0.25) is 4.90 Å². The van der Waals surface area contributed by atoms with Gasteiger partial charge in [-0.05, 0) is 43.0 Å². The highest BCUT2D eigenvalue weighted by molar-refractivity contribution is 5.53. The number of nitrogens with zero attached hydrogens (tertiary/aromatic N) is 3. The molecule has 1 aromatic carbocycles. The molecular formula is C21H27N3O3. The van der Waals surface area contributed by atoms with E-state index in [0.717, 1.165) is 24.5 Å². The average Bonchev–Trinajstić information content (AvgIpc) is 3.35. The van der Waals surface area contributed by atoms with Crippen LogP contribution in [0.25, 0.3) is 0 Å². The first-order valence-electron chi connectivity index (χ1n) is 10.2. The van der Waals surface area contributed by atoms with Crippen LogP contribution in [0.5, 0.6) is 11.5 Å². The third kappa shape index (κ3) is 2.81. The highest BCUT2D eigenvalue weighted by atomic mass is 16.6. The summed E-state index contributed by atoms with van der Waals surface area (Å²) in [5.41, 5.74) is 3.03. The van der Waals surface area contributed by atoms with Crippen molar-refractivity contribution < 1.29 is 13.9 Å². The van der Waals surface area contributed by atoms with Crippen LogP contribution in [0.1, 0.15) is 68.5 Å². The van der Waals surface area contributed by atoms with Crippen LogP contribution in [-0.2, 0) is 18.4 Å². The van der Waals surface area contributed by atoms with Crippen LogP contribution in [0, 0.1) is 0 Å². The van der Waals surface area contributed by atoms with E-state index in [1.807, 2.05) is 6.92 Å². The fourth-order valence-electron chi connectivity index (χ4n) is 5.06. The quantitative estimate of drug-likeness (QED) is 0.820. The number of ether oxygens (including phenoxy) is 2. The van der Waals surface area contributed by atoms with Crippen LogP contribution in [0.3, 0.4) is 0 Å². The van der Waals surface area contributed by atoms with Crippen molar-refractivity contribution in [2.45, 2.75) is 64.0 Å². The van der Waals surface area contributed by atoms with Gasteiger partial charge >= 0.3 is 0 Å². The molecule has 2 aromatic rings. The van der Waals surface area contributed by atoms with Crippen LogP contribution in [0.2, 0.25) is 0 Å². The van der Waals surface area contributed by atoms with Gasteiger partial charge in [-0.15, -0.1) is 10.2 Å². The molecule has 1 aromatic heterocycles. The molecule has 0 amide bonds. The second kappa shape index (κ2) is 6.51. The van der Waals surface area contributed by atoms with Crippen molar-refractivity contribution in [3.05, 3.63) is 35.0 Å². The van der Waals surface area contributed by atoms with Crippen LogP contribution in [-0.4, -0.2) is 34.9 Å². The second-order valence-corrected chi connectivity index (χ2v) is 8.09. The molecule has 6 heteroatoms. The molecule has 1 aliphatic carbocycles. The standard InChI is InChI=1S/C21H27N3O3/c1-3-19-22-23-20(27-19)12-24-13-21(6-4-5-7-21)16-11-18-17(25-8-9-26-18)10-15(16)14(24)2/h10-11,14H,3-9,12-13H2,1-2H3/t14-/m1/s1. The summed E-state index contributed by atoms with van der Waals surface area (Å²) < 4.78 is 17.6. The van der Waals surface area contributed by atoms with Gasteiger partial charge in [-0.1, -0.05) is 19.8 Å². The highest BCUT2D eigenvalue weighted by Gasteiger charge is 2.45. The summed E-state index contributed by atoms with van der Waals surface area (Å²) in [6.45, 7) is 7.30. The van der Waals surface area contributed by atoms with Crippen molar-refractivity contribution in [2.75, 3.05) is 19.8 Å². The first kappa shape index (κ1) is 17.0. The molecule has 0 radical (unpaired) electrons. The van der Waals surface area contributed by atoms with Gasteiger partial charge in [0.15, 0.2) is 11.5 Å². The van der Waals surface area contributed by atoms with Gasteiger partial charge in [0.2, 0.25) is 11.8 Å². The van der Waals surface area contributed by atoms with E-state index in [-0.39, 0.29) is 11.5 Å². The first-order valence-corrected chi connectivity index (χ1v) is 10.2. The number of fused-ring (bicyclic) bond motifs is 3. The van der Waals surface area contributed by atoms with E-state index < -0.39 is 0 Å². The molecule has 1 saturated carbocycles. The Hall–Kier alpha value is -2.08. The molecule has 0 N–H and O–H groups in total. The Bertz CT molecular complexity index is 841. The summed E-state index contributed by atoms with van der Waals surface area (Å²) in [4.78, 5) is 2.50. The Labute approximate surface area is 159 Å². The molecular weight excluding hydrogens is 342 g/mol. The molecule has 144 valence electrons. The second-order valence-electron chi connectivity index (χ2n) is 8.09. The summed E-state index contributed by atoms with van der Waals surface area (Å²) in [5, 5.41) is 8.39. The Morgan fingerprint density at radius 2 is 1.78 bits per heavy atom. The SMILES string of the molecule is CCc1nnc(CN2CC3(CCCC3)c3cc4c(cc3[C@H]2C)OCCO4)o1. The molecule has 0 saturated heterocycles.